The van der Waals surface area contributed by atoms with Crippen molar-refractivity contribution < 1.29 is 14.3 Å². The zero-order chi connectivity index (χ0) is 14.5. The fourth-order valence-electron chi connectivity index (χ4n) is 2.31. The number of imide groups is 1. The van der Waals surface area contributed by atoms with Gasteiger partial charge in [0, 0.05) is 5.92 Å². The van der Waals surface area contributed by atoms with Crippen molar-refractivity contribution in [3.8, 4) is 0 Å². The van der Waals surface area contributed by atoms with E-state index in [-0.39, 0.29) is 24.5 Å². The van der Waals surface area contributed by atoms with E-state index in [2.05, 4.69) is 6.58 Å². The number of amides is 2. The van der Waals surface area contributed by atoms with Gasteiger partial charge in [-0.1, -0.05) is 43.3 Å². The lowest BCUT2D eigenvalue weighted by molar-refractivity contribution is -0.133. The van der Waals surface area contributed by atoms with Crippen molar-refractivity contribution in [2.75, 3.05) is 6.61 Å². The van der Waals surface area contributed by atoms with Crippen LogP contribution in [0.5, 0.6) is 0 Å². The molecule has 106 valence electrons. The van der Waals surface area contributed by atoms with Gasteiger partial charge in [0.05, 0.1) is 0 Å². The Morgan fingerprint density at radius 3 is 2.85 bits per heavy atom. The summed E-state index contributed by atoms with van der Waals surface area (Å²) < 4.78 is 5.05. The fourth-order valence-corrected chi connectivity index (χ4v) is 2.31. The highest BCUT2D eigenvalue weighted by Crippen LogP contribution is 2.29. The maximum atomic E-state index is 12.4. The summed E-state index contributed by atoms with van der Waals surface area (Å²) >= 11 is 0. The Labute approximate surface area is 119 Å². The molecule has 1 saturated heterocycles. The Morgan fingerprint density at radius 2 is 2.20 bits per heavy atom. The highest BCUT2D eigenvalue weighted by atomic mass is 16.6. The summed E-state index contributed by atoms with van der Waals surface area (Å²) in [6, 6.07) is 9.18. The first kappa shape index (κ1) is 14.3. The van der Waals surface area contributed by atoms with Crippen molar-refractivity contribution in [1.82, 2.24) is 4.90 Å². The van der Waals surface area contributed by atoms with Crippen LogP contribution < -0.4 is 0 Å². The average molecular weight is 273 g/mol. The SMILES string of the molecule is C=CCC[C@@H](C)C(=O)N1C(=O)OC[C@@H]1c1ccccc1. The van der Waals surface area contributed by atoms with E-state index < -0.39 is 6.09 Å². The summed E-state index contributed by atoms with van der Waals surface area (Å²) in [7, 11) is 0. The van der Waals surface area contributed by atoms with Crippen LogP contribution in [0.1, 0.15) is 31.4 Å². The van der Waals surface area contributed by atoms with Crippen LogP contribution in [0.4, 0.5) is 4.79 Å². The minimum atomic E-state index is -0.547. The molecule has 1 fully saturated rings. The molecule has 4 heteroatoms. The zero-order valence-corrected chi connectivity index (χ0v) is 11.6. The topological polar surface area (TPSA) is 46.6 Å². The first-order valence-corrected chi connectivity index (χ1v) is 6.80. The van der Waals surface area contributed by atoms with Crippen molar-refractivity contribution in [3.63, 3.8) is 0 Å². The number of benzene rings is 1. The summed E-state index contributed by atoms with van der Waals surface area (Å²) in [5.41, 5.74) is 0.919. The molecule has 0 radical (unpaired) electrons. The molecule has 1 aliphatic rings. The third kappa shape index (κ3) is 2.90. The van der Waals surface area contributed by atoms with Gasteiger partial charge in [-0.25, -0.2) is 9.69 Å². The number of ether oxygens (including phenoxy) is 1. The quantitative estimate of drug-likeness (QED) is 0.773. The van der Waals surface area contributed by atoms with Gasteiger partial charge in [-0.05, 0) is 18.4 Å². The molecule has 4 nitrogen and oxygen atoms in total. The van der Waals surface area contributed by atoms with Crippen LogP contribution in [0.15, 0.2) is 43.0 Å². The normalized spacial score (nSPS) is 19.6. The highest BCUT2D eigenvalue weighted by molar-refractivity contribution is 5.94. The van der Waals surface area contributed by atoms with Gasteiger partial charge in [-0.15, -0.1) is 6.58 Å². The van der Waals surface area contributed by atoms with Crippen LogP contribution in [0.25, 0.3) is 0 Å². The second-order valence-corrected chi connectivity index (χ2v) is 4.98. The van der Waals surface area contributed by atoms with Crippen LogP contribution in [0.2, 0.25) is 0 Å². The van der Waals surface area contributed by atoms with Gasteiger partial charge in [-0.3, -0.25) is 4.79 Å². The van der Waals surface area contributed by atoms with Crippen LogP contribution in [-0.4, -0.2) is 23.5 Å². The Kier molecular flexibility index (Phi) is 4.56. The summed E-state index contributed by atoms with van der Waals surface area (Å²) in [6.45, 7) is 5.71. The van der Waals surface area contributed by atoms with Gasteiger partial charge >= 0.3 is 6.09 Å². The van der Waals surface area contributed by atoms with Gasteiger partial charge in [0.25, 0.3) is 0 Å². The molecule has 2 atom stereocenters. The van der Waals surface area contributed by atoms with Crippen molar-refractivity contribution >= 4 is 12.0 Å². The molecule has 1 aliphatic heterocycles. The Morgan fingerprint density at radius 1 is 1.50 bits per heavy atom. The van der Waals surface area contributed by atoms with E-state index in [0.717, 1.165) is 12.0 Å². The monoisotopic (exact) mass is 273 g/mol. The molecule has 0 aromatic heterocycles. The summed E-state index contributed by atoms with van der Waals surface area (Å²) in [4.78, 5) is 25.5. The summed E-state index contributed by atoms with van der Waals surface area (Å²) in [6.07, 6.45) is 2.68. The third-order valence-electron chi connectivity index (χ3n) is 3.52. The van der Waals surface area contributed by atoms with E-state index in [1.165, 1.54) is 4.90 Å². The minimum absolute atomic E-state index is 0.178. The van der Waals surface area contributed by atoms with E-state index in [1.54, 1.807) is 6.08 Å². The molecule has 0 bridgehead atoms. The van der Waals surface area contributed by atoms with Crippen molar-refractivity contribution in [1.29, 1.82) is 0 Å². The Bertz CT molecular complexity index is 498. The zero-order valence-electron chi connectivity index (χ0n) is 11.6. The molecule has 0 aliphatic carbocycles. The Hall–Kier alpha value is -2.10. The fraction of sp³-hybridized carbons (Fsp3) is 0.375. The lowest BCUT2D eigenvalue weighted by atomic mass is 10.0. The van der Waals surface area contributed by atoms with Gasteiger partial charge in [0.2, 0.25) is 5.91 Å². The second-order valence-electron chi connectivity index (χ2n) is 4.98. The van der Waals surface area contributed by atoms with E-state index in [1.807, 2.05) is 37.3 Å². The lowest BCUT2D eigenvalue weighted by Crippen LogP contribution is -2.37. The predicted octanol–water partition coefficient (Wildman–Crippen LogP) is 3.31. The molecule has 1 aromatic rings. The molecule has 0 unspecified atom stereocenters. The van der Waals surface area contributed by atoms with Crippen LogP contribution in [-0.2, 0) is 9.53 Å². The first-order chi connectivity index (χ1) is 9.65. The van der Waals surface area contributed by atoms with E-state index in [9.17, 15) is 9.59 Å². The van der Waals surface area contributed by atoms with Crippen LogP contribution in [0, 0.1) is 5.92 Å². The largest absolute Gasteiger partial charge is 0.446 e. The third-order valence-corrected chi connectivity index (χ3v) is 3.52. The second kappa shape index (κ2) is 6.37. The minimum Gasteiger partial charge on any atom is -0.446 e. The first-order valence-electron chi connectivity index (χ1n) is 6.80. The number of carbonyl (C=O) groups excluding carboxylic acids is 2. The smallest absolute Gasteiger partial charge is 0.417 e. The lowest BCUT2D eigenvalue weighted by Gasteiger charge is -2.23. The molecular formula is C16H19NO3. The van der Waals surface area contributed by atoms with Gasteiger partial charge in [0.1, 0.15) is 12.6 Å². The molecule has 0 saturated carbocycles. The highest BCUT2D eigenvalue weighted by Gasteiger charge is 2.40. The van der Waals surface area contributed by atoms with E-state index in [4.69, 9.17) is 4.74 Å². The number of cyclic esters (lactones) is 1. The van der Waals surface area contributed by atoms with Gasteiger partial charge in [0.15, 0.2) is 0 Å². The van der Waals surface area contributed by atoms with Gasteiger partial charge < -0.3 is 4.74 Å². The van der Waals surface area contributed by atoms with Crippen LogP contribution >= 0.6 is 0 Å². The molecule has 2 rings (SSSR count). The number of carbonyl (C=O) groups is 2. The van der Waals surface area contributed by atoms with E-state index in [0.29, 0.717) is 6.42 Å². The molecule has 0 N–H and O–H groups in total. The van der Waals surface area contributed by atoms with Crippen molar-refractivity contribution in [2.24, 2.45) is 5.92 Å². The maximum Gasteiger partial charge on any atom is 0.417 e. The molecule has 1 aromatic carbocycles. The maximum absolute atomic E-state index is 12.4. The standard InChI is InChI=1S/C16H19NO3/c1-3-4-8-12(2)15(18)17-14(11-20-16(17)19)13-9-6-5-7-10-13/h3,5-7,9-10,12,14H,1,4,8,11H2,2H3/t12-,14-/m1/s1. The van der Waals surface area contributed by atoms with Crippen molar-refractivity contribution in [3.05, 3.63) is 48.6 Å². The number of hydrogen-bond acceptors (Lipinski definition) is 3. The molecule has 20 heavy (non-hydrogen) atoms. The van der Waals surface area contributed by atoms with E-state index >= 15 is 0 Å². The van der Waals surface area contributed by atoms with Crippen molar-refractivity contribution in [2.45, 2.75) is 25.8 Å². The molecule has 0 spiro atoms. The van der Waals surface area contributed by atoms with Gasteiger partial charge in [-0.2, -0.15) is 0 Å². The Balaban J connectivity index is 2.16. The molecule has 1 heterocycles. The number of hydrogen-bond donors (Lipinski definition) is 0. The molecule has 2 amide bonds. The summed E-state index contributed by atoms with van der Waals surface area (Å²) in [5, 5.41) is 0. The number of rotatable bonds is 5. The number of nitrogens with zero attached hydrogens (tertiary/aromatic N) is 1. The summed E-state index contributed by atoms with van der Waals surface area (Å²) in [5.74, 6) is -0.395. The molecular weight excluding hydrogens is 254 g/mol. The number of allylic oxidation sites excluding steroid dienone is 1. The van der Waals surface area contributed by atoms with Crippen LogP contribution in [0.3, 0.4) is 0 Å². The predicted molar refractivity (Wildman–Crippen MR) is 76.0 cm³/mol. The average Bonchev–Trinajstić information content (AvgIpc) is 2.86.